The van der Waals surface area contributed by atoms with Gasteiger partial charge in [0.2, 0.25) is 0 Å². The Balaban J connectivity index is 1.73. The molecule has 3 aromatic rings. The van der Waals surface area contributed by atoms with Gasteiger partial charge in [0.05, 0.1) is 10.9 Å². The number of amides is 1. The highest BCUT2D eigenvalue weighted by Gasteiger charge is 2.09. The largest absolute Gasteiger partial charge is 0.352 e. The van der Waals surface area contributed by atoms with E-state index >= 15 is 0 Å². The maximum Gasteiger partial charge on any atom is 0.261 e. The van der Waals surface area contributed by atoms with Crippen molar-refractivity contribution in [1.82, 2.24) is 14.9 Å². The molecule has 0 saturated carbocycles. The molecule has 0 atom stereocenters. The second-order valence-electron chi connectivity index (χ2n) is 5.43. The van der Waals surface area contributed by atoms with E-state index in [0.717, 1.165) is 0 Å². The summed E-state index contributed by atoms with van der Waals surface area (Å²) in [4.78, 5) is 28.9. The number of nitrogens with one attached hydrogen (secondary N) is 1. The number of para-hydroxylation sites is 1. The van der Waals surface area contributed by atoms with Crippen LogP contribution < -0.4 is 10.9 Å². The van der Waals surface area contributed by atoms with Crippen LogP contribution in [-0.4, -0.2) is 22.0 Å². The fraction of sp³-hybridized carbons (Fsp3) is 0.167. The number of hydrogen-bond acceptors (Lipinski definition) is 3. The van der Waals surface area contributed by atoms with Crippen molar-refractivity contribution < 1.29 is 4.79 Å². The lowest BCUT2D eigenvalue weighted by molar-refractivity contribution is 0.0954. The van der Waals surface area contributed by atoms with E-state index in [1.54, 1.807) is 37.4 Å². The van der Waals surface area contributed by atoms with Crippen LogP contribution in [0.25, 0.3) is 10.9 Å². The molecule has 122 valence electrons. The molecule has 1 heterocycles. The Kier molecular flexibility index (Phi) is 4.62. The van der Waals surface area contributed by atoms with Crippen LogP contribution in [0.2, 0.25) is 5.02 Å². The number of hydrogen-bond donors (Lipinski definition) is 1. The van der Waals surface area contributed by atoms with Gasteiger partial charge in [-0.05, 0) is 30.3 Å². The summed E-state index contributed by atoms with van der Waals surface area (Å²) in [6.45, 7) is 0.379. The third-order valence-corrected chi connectivity index (χ3v) is 4.03. The third-order valence-electron chi connectivity index (χ3n) is 3.80. The zero-order chi connectivity index (χ0) is 17.1. The predicted molar refractivity (Wildman–Crippen MR) is 94.5 cm³/mol. The lowest BCUT2D eigenvalue weighted by Crippen LogP contribution is -2.29. The summed E-state index contributed by atoms with van der Waals surface area (Å²) in [6.07, 6.45) is 0.461. The minimum absolute atomic E-state index is 0.0863. The average molecular weight is 342 g/mol. The highest BCUT2D eigenvalue weighted by Crippen LogP contribution is 2.10. The zero-order valence-electron chi connectivity index (χ0n) is 13.1. The van der Waals surface area contributed by atoms with Crippen LogP contribution in [0, 0.1) is 0 Å². The van der Waals surface area contributed by atoms with Crippen LogP contribution in [0.4, 0.5) is 0 Å². The molecule has 0 unspecified atom stereocenters. The first-order valence-electron chi connectivity index (χ1n) is 7.54. The molecular weight excluding hydrogens is 326 g/mol. The summed E-state index contributed by atoms with van der Waals surface area (Å²) in [5.41, 5.74) is 1.08. The third kappa shape index (κ3) is 3.31. The minimum Gasteiger partial charge on any atom is -0.352 e. The van der Waals surface area contributed by atoms with Crippen LogP contribution in [0.5, 0.6) is 0 Å². The maximum absolute atomic E-state index is 12.3. The van der Waals surface area contributed by atoms with Crippen LogP contribution in [0.1, 0.15) is 16.2 Å². The average Bonchev–Trinajstić information content (AvgIpc) is 2.59. The van der Waals surface area contributed by atoms with Crippen molar-refractivity contribution in [3.63, 3.8) is 0 Å². The molecule has 0 spiro atoms. The predicted octanol–water partition coefficient (Wildman–Crippen LogP) is 2.56. The molecule has 3 rings (SSSR count). The second-order valence-corrected chi connectivity index (χ2v) is 5.86. The molecule has 5 nitrogen and oxygen atoms in total. The Bertz CT molecular complexity index is 966. The van der Waals surface area contributed by atoms with Crippen molar-refractivity contribution >= 4 is 28.4 Å². The Morgan fingerprint density at radius 3 is 2.79 bits per heavy atom. The first kappa shape index (κ1) is 16.2. The monoisotopic (exact) mass is 341 g/mol. The molecule has 0 saturated heterocycles. The first-order valence-corrected chi connectivity index (χ1v) is 7.92. The SMILES string of the molecule is Cn1c(CCNC(=O)c2cccc(Cl)c2)nc2ccccc2c1=O. The maximum atomic E-state index is 12.3. The van der Waals surface area contributed by atoms with E-state index in [4.69, 9.17) is 11.6 Å². The Morgan fingerprint density at radius 1 is 1.21 bits per heavy atom. The highest BCUT2D eigenvalue weighted by molar-refractivity contribution is 6.30. The number of rotatable bonds is 4. The quantitative estimate of drug-likeness (QED) is 0.793. The molecule has 0 fully saturated rings. The molecule has 0 aliphatic heterocycles. The molecule has 0 aliphatic rings. The number of fused-ring (bicyclic) bond motifs is 1. The van der Waals surface area contributed by atoms with E-state index in [1.165, 1.54) is 4.57 Å². The van der Waals surface area contributed by atoms with Gasteiger partial charge < -0.3 is 5.32 Å². The molecule has 1 aromatic heterocycles. The number of carbonyl (C=O) groups is 1. The van der Waals surface area contributed by atoms with Crippen molar-refractivity contribution in [3.05, 3.63) is 75.3 Å². The standard InChI is InChI=1S/C18H16ClN3O2/c1-22-16(21-15-8-3-2-7-14(15)18(22)24)9-10-20-17(23)12-5-4-6-13(19)11-12/h2-8,11H,9-10H2,1H3,(H,20,23). The topological polar surface area (TPSA) is 64.0 Å². The molecule has 0 aliphatic carbocycles. The highest BCUT2D eigenvalue weighted by atomic mass is 35.5. The van der Waals surface area contributed by atoms with Gasteiger partial charge in [-0.3, -0.25) is 14.2 Å². The van der Waals surface area contributed by atoms with Gasteiger partial charge in [-0.25, -0.2) is 4.98 Å². The van der Waals surface area contributed by atoms with Gasteiger partial charge in [-0.1, -0.05) is 29.8 Å². The van der Waals surface area contributed by atoms with Gasteiger partial charge >= 0.3 is 0 Å². The molecule has 6 heteroatoms. The lowest BCUT2D eigenvalue weighted by atomic mass is 10.2. The van der Waals surface area contributed by atoms with E-state index < -0.39 is 0 Å². The number of benzene rings is 2. The minimum atomic E-state index is -0.205. The van der Waals surface area contributed by atoms with Crippen molar-refractivity contribution in [2.24, 2.45) is 7.05 Å². The molecule has 2 aromatic carbocycles. The van der Waals surface area contributed by atoms with E-state index in [0.29, 0.717) is 40.3 Å². The van der Waals surface area contributed by atoms with Gasteiger partial charge in [0, 0.05) is 30.6 Å². The van der Waals surface area contributed by atoms with Gasteiger partial charge in [-0.15, -0.1) is 0 Å². The Morgan fingerprint density at radius 2 is 2.00 bits per heavy atom. The smallest absolute Gasteiger partial charge is 0.261 e. The van der Waals surface area contributed by atoms with Gasteiger partial charge in [0.15, 0.2) is 0 Å². The van der Waals surface area contributed by atoms with Gasteiger partial charge in [0.1, 0.15) is 5.82 Å². The Labute approximate surface area is 143 Å². The van der Waals surface area contributed by atoms with E-state index in [2.05, 4.69) is 10.3 Å². The first-order chi connectivity index (χ1) is 11.6. The summed E-state index contributed by atoms with van der Waals surface area (Å²) >= 11 is 5.88. The van der Waals surface area contributed by atoms with Crippen molar-refractivity contribution in [3.8, 4) is 0 Å². The van der Waals surface area contributed by atoms with Crippen molar-refractivity contribution in [2.45, 2.75) is 6.42 Å². The summed E-state index contributed by atoms with van der Waals surface area (Å²) in [5.74, 6) is 0.424. The van der Waals surface area contributed by atoms with Crippen molar-refractivity contribution in [2.75, 3.05) is 6.54 Å². The normalized spacial score (nSPS) is 10.8. The summed E-state index contributed by atoms with van der Waals surface area (Å²) in [5, 5.41) is 3.92. The molecule has 1 N–H and O–H groups in total. The summed E-state index contributed by atoms with van der Waals surface area (Å²) in [7, 11) is 1.69. The van der Waals surface area contributed by atoms with Crippen molar-refractivity contribution in [1.29, 1.82) is 0 Å². The van der Waals surface area contributed by atoms with Crippen LogP contribution in [0.15, 0.2) is 53.3 Å². The molecule has 0 bridgehead atoms. The van der Waals surface area contributed by atoms with Crippen LogP contribution in [0.3, 0.4) is 0 Å². The fourth-order valence-electron chi connectivity index (χ4n) is 2.51. The fourth-order valence-corrected chi connectivity index (χ4v) is 2.70. The van der Waals surface area contributed by atoms with Crippen LogP contribution in [-0.2, 0) is 13.5 Å². The number of carbonyl (C=O) groups excluding carboxylic acids is 1. The number of aromatic nitrogens is 2. The number of nitrogens with zero attached hydrogens (tertiary/aromatic N) is 2. The van der Waals surface area contributed by atoms with Crippen LogP contribution >= 0.6 is 11.6 Å². The van der Waals surface area contributed by atoms with Gasteiger partial charge in [-0.2, -0.15) is 0 Å². The zero-order valence-corrected chi connectivity index (χ0v) is 13.9. The molecule has 24 heavy (non-hydrogen) atoms. The molecule has 1 amide bonds. The van der Waals surface area contributed by atoms with E-state index in [9.17, 15) is 9.59 Å². The van der Waals surface area contributed by atoms with E-state index in [1.807, 2.05) is 18.2 Å². The lowest BCUT2D eigenvalue weighted by Gasteiger charge is -2.10. The van der Waals surface area contributed by atoms with Gasteiger partial charge in [0.25, 0.3) is 11.5 Å². The Hall–Kier alpha value is -2.66. The summed E-state index contributed by atoms with van der Waals surface area (Å²) in [6, 6.07) is 14.0. The summed E-state index contributed by atoms with van der Waals surface area (Å²) < 4.78 is 1.52. The molecular formula is C18H16ClN3O2. The molecule has 0 radical (unpaired) electrons. The number of halogens is 1. The van der Waals surface area contributed by atoms with E-state index in [-0.39, 0.29) is 11.5 Å². The second kappa shape index (κ2) is 6.84.